The second kappa shape index (κ2) is 9.25. The molecule has 0 heterocycles. The molecule has 0 aromatic rings. The number of hydrogen-bond donors (Lipinski definition) is 1. The molecule has 0 aliphatic heterocycles. The van der Waals surface area contributed by atoms with Gasteiger partial charge in [0.15, 0.2) is 0 Å². The van der Waals surface area contributed by atoms with Crippen LogP contribution in [0.2, 0.25) is 0 Å². The lowest BCUT2D eigenvalue weighted by atomic mass is 10.2. The molecule has 0 aromatic heterocycles. The van der Waals surface area contributed by atoms with Gasteiger partial charge in [-0.1, -0.05) is 33.6 Å². The van der Waals surface area contributed by atoms with Crippen LogP contribution in [0.5, 0.6) is 0 Å². The molecule has 94 valence electrons. The minimum Gasteiger partial charge on any atom is -0.478 e. The third-order valence-electron chi connectivity index (χ3n) is 2.59. The number of carbonyl (C=O) groups is 1. The first-order chi connectivity index (χ1) is 7.65. The SMILES string of the molecule is CCCCN(C=C(CC)C(=O)O)CCCC. The van der Waals surface area contributed by atoms with E-state index in [-0.39, 0.29) is 0 Å². The van der Waals surface area contributed by atoms with Crippen LogP contribution in [0.25, 0.3) is 0 Å². The highest BCUT2D eigenvalue weighted by Crippen LogP contribution is 2.06. The number of hydrogen-bond acceptors (Lipinski definition) is 2. The van der Waals surface area contributed by atoms with Crippen LogP contribution >= 0.6 is 0 Å². The lowest BCUT2D eigenvalue weighted by Gasteiger charge is -2.20. The third kappa shape index (κ3) is 6.49. The molecule has 0 bridgehead atoms. The Morgan fingerprint density at radius 2 is 1.62 bits per heavy atom. The van der Waals surface area contributed by atoms with Gasteiger partial charge in [-0.25, -0.2) is 4.79 Å². The minimum absolute atomic E-state index is 0.507. The summed E-state index contributed by atoms with van der Waals surface area (Å²) in [5.41, 5.74) is 0.507. The molecule has 0 saturated heterocycles. The first-order valence-corrected chi connectivity index (χ1v) is 6.33. The Balaban J connectivity index is 4.40. The van der Waals surface area contributed by atoms with Gasteiger partial charge in [-0.2, -0.15) is 0 Å². The van der Waals surface area contributed by atoms with Crippen molar-refractivity contribution in [2.45, 2.75) is 52.9 Å². The van der Waals surface area contributed by atoms with Crippen molar-refractivity contribution in [1.29, 1.82) is 0 Å². The average molecular weight is 227 g/mol. The Morgan fingerprint density at radius 3 is 1.94 bits per heavy atom. The summed E-state index contributed by atoms with van der Waals surface area (Å²) in [5.74, 6) is -0.791. The van der Waals surface area contributed by atoms with Crippen molar-refractivity contribution in [1.82, 2.24) is 4.90 Å². The fourth-order valence-corrected chi connectivity index (χ4v) is 1.48. The van der Waals surface area contributed by atoms with Gasteiger partial charge in [0.05, 0.1) is 5.57 Å². The van der Waals surface area contributed by atoms with Crippen molar-refractivity contribution in [3.8, 4) is 0 Å². The summed E-state index contributed by atoms with van der Waals surface area (Å²) in [4.78, 5) is 13.1. The van der Waals surface area contributed by atoms with Gasteiger partial charge in [-0.05, 0) is 19.3 Å². The fourth-order valence-electron chi connectivity index (χ4n) is 1.48. The summed E-state index contributed by atoms with van der Waals surface area (Å²) < 4.78 is 0. The Labute approximate surface area is 99.1 Å². The van der Waals surface area contributed by atoms with Crippen molar-refractivity contribution in [2.75, 3.05) is 13.1 Å². The van der Waals surface area contributed by atoms with Gasteiger partial charge in [0, 0.05) is 19.3 Å². The average Bonchev–Trinajstić information content (AvgIpc) is 2.27. The highest BCUT2D eigenvalue weighted by molar-refractivity contribution is 5.86. The molecule has 0 rings (SSSR count). The largest absolute Gasteiger partial charge is 0.478 e. The van der Waals surface area contributed by atoms with Gasteiger partial charge in [0.1, 0.15) is 0 Å². The molecule has 16 heavy (non-hydrogen) atoms. The van der Waals surface area contributed by atoms with Crippen molar-refractivity contribution < 1.29 is 9.90 Å². The van der Waals surface area contributed by atoms with Crippen LogP contribution in [0.1, 0.15) is 52.9 Å². The Morgan fingerprint density at radius 1 is 1.12 bits per heavy atom. The molecule has 0 radical (unpaired) electrons. The number of nitrogens with zero attached hydrogens (tertiary/aromatic N) is 1. The molecule has 0 aromatic carbocycles. The van der Waals surface area contributed by atoms with Crippen LogP contribution < -0.4 is 0 Å². The number of unbranched alkanes of at least 4 members (excludes halogenated alkanes) is 2. The summed E-state index contributed by atoms with van der Waals surface area (Å²) in [6.45, 7) is 8.12. The summed E-state index contributed by atoms with van der Waals surface area (Å²) in [6, 6.07) is 0. The molecule has 0 spiro atoms. The molecule has 0 aliphatic rings. The van der Waals surface area contributed by atoms with Gasteiger partial charge in [-0.3, -0.25) is 0 Å². The van der Waals surface area contributed by atoms with Crippen LogP contribution in [0, 0.1) is 0 Å². The maximum absolute atomic E-state index is 10.9. The molecule has 1 N–H and O–H groups in total. The lowest BCUT2D eigenvalue weighted by molar-refractivity contribution is -0.132. The minimum atomic E-state index is -0.791. The zero-order valence-electron chi connectivity index (χ0n) is 10.8. The van der Waals surface area contributed by atoms with E-state index in [0.29, 0.717) is 12.0 Å². The fraction of sp³-hybridized carbons (Fsp3) is 0.769. The molecular weight excluding hydrogens is 202 g/mol. The lowest BCUT2D eigenvalue weighted by Crippen LogP contribution is -2.21. The van der Waals surface area contributed by atoms with Crippen molar-refractivity contribution in [3.05, 3.63) is 11.8 Å². The van der Waals surface area contributed by atoms with Crippen LogP contribution in [0.3, 0.4) is 0 Å². The molecule has 0 fully saturated rings. The highest BCUT2D eigenvalue weighted by atomic mass is 16.4. The molecule has 0 aliphatic carbocycles. The van der Waals surface area contributed by atoms with E-state index < -0.39 is 5.97 Å². The van der Waals surface area contributed by atoms with E-state index in [1.54, 1.807) is 0 Å². The van der Waals surface area contributed by atoms with Crippen molar-refractivity contribution >= 4 is 5.97 Å². The van der Waals surface area contributed by atoms with E-state index in [1.807, 2.05) is 13.1 Å². The number of aliphatic carboxylic acids is 1. The second-order valence-electron chi connectivity index (χ2n) is 4.06. The second-order valence-corrected chi connectivity index (χ2v) is 4.06. The smallest absolute Gasteiger partial charge is 0.333 e. The molecule has 0 unspecified atom stereocenters. The first kappa shape index (κ1) is 15.0. The van der Waals surface area contributed by atoms with E-state index in [0.717, 1.165) is 38.8 Å². The van der Waals surface area contributed by atoms with E-state index in [2.05, 4.69) is 18.7 Å². The number of carboxylic acid groups (broad SMARTS) is 1. The van der Waals surface area contributed by atoms with E-state index in [1.165, 1.54) is 0 Å². The molecule has 3 nitrogen and oxygen atoms in total. The van der Waals surface area contributed by atoms with E-state index in [4.69, 9.17) is 5.11 Å². The van der Waals surface area contributed by atoms with Crippen LogP contribution in [-0.2, 0) is 4.79 Å². The number of carboxylic acids is 1. The predicted molar refractivity (Wildman–Crippen MR) is 67.4 cm³/mol. The summed E-state index contributed by atoms with van der Waals surface area (Å²) in [5, 5.41) is 8.98. The summed E-state index contributed by atoms with van der Waals surface area (Å²) in [6.07, 6.45) is 6.95. The van der Waals surface area contributed by atoms with Gasteiger partial charge >= 0.3 is 5.97 Å². The summed E-state index contributed by atoms with van der Waals surface area (Å²) >= 11 is 0. The maximum atomic E-state index is 10.9. The summed E-state index contributed by atoms with van der Waals surface area (Å²) in [7, 11) is 0. The van der Waals surface area contributed by atoms with Crippen molar-refractivity contribution in [3.63, 3.8) is 0 Å². The number of rotatable bonds is 9. The Kier molecular flexibility index (Phi) is 8.68. The Hall–Kier alpha value is -0.990. The van der Waals surface area contributed by atoms with Gasteiger partial charge in [0.2, 0.25) is 0 Å². The first-order valence-electron chi connectivity index (χ1n) is 6.33. The van der Waals surface area contributed by atoms with Crippen LogP contribution in [-0.4, -0.2) is 29.1 Å². The predicted octanol–water partition coefficient (Wildman–Crippen LogP) is 3.27. The normalized spacial score (nSPS) is 11.6. The molecule has 3 heteroatoms. The molecule has 0 amide bonds. The molecule has 0 saturated carbocycles. The molecular formula is C13H25NO2. The zero-order valence-corrected chi connectivity index (χ0v) is 10.8. The third-order valence-corrected chi connectivity index (χ3v) is 2.59. The van der Waals surface area contributed by atoms with Crippen LogP contribution in [0.15, 0.2) is 11.8 Å². The Bertz CT molecular complexity index is 216. The molecule has 0 atom stereocenters. The highest BCUT2D eigenvalue weighted by Gasteiger charge is 2.07. The van der Waals surface area contributed by atoms with Crippen LogP contribution in [0.4, 0.5) is 0 Å². The standard InChI is InChI=1S/C13H25NO2/c1-4-7-9-14(10-8-5-2)11-12(6-3)13(15)16/h11H,4-10H2,1-3H3,(H,15,16). The van der Waals surface area contributed by atoms with Gasteiger partial charge in [0.25, 0.3) is 0 Å². The van der Waals surface area contributed by atoms with Gasteiger partial charge in [-0.15, -0.1) is 0 Å². The van der Waals surface area contributed by atoms with Gasteiger partial charge < -0.3 is 10.0 Å². The van der Waals surface area contributed by atoms with Crippen molar-refractivity contribution in [2.24, 2.45) is 0 Å². The quantitative estimate of drug-likeness (QED) is 0.615. The zero-order chi connectivity index (χ0) is 12.4. The van der Waals surface area contributed by atoms with E-state index >= 15 is 0 Å². The maximum Gasteiger partial charge on any atom is 0.333 e. The topological polar surface area (TPSA) is 40.5 Å². The van der Waals surface area contributed by atoms with E-state index in [9.17, 15) is 4.79 Å². The monoisotopic (exact) mass is 227 g/mol.